The van der Waals surface area contributed by atoms with E-state index < -0.39 is 16.6 Å². The van der Waals surface area contributed by atoms with Crippen LogP contribution in [0.4, 0.5) is 0 Å². The van der Waals surface area contributed by atoms with E-state index in [9.17, 15) is 0 Å². The molecule has 3 heteroatoms. The molecule has 0 nitrogen and oxygen atoms in total. The molecule has 0 N–H and O–H groups in total. The first-order chi connectivity index (χ1) is 24.7. The van der Waals surface area contributed by atoms with Crippen molar-refractivity contribution in [2.24, 2.45) is 0 Å². The number of hydrogen-bond donors (Lipinski definition) is 0. The van der Waals surface area contributed by atoms with Gasteiger partial charge in [-0.2, -0.15) is 0 Å². The summed E-state index contributed by atoms with van der Waals surface area (Å²) in [6, 6.07) is 46.4. The van der Waals surface area contributed by atoms with Gasteiger partial charge < -0.3 is 24.8 Å². The molecule has 2 unspecified atom stereocenters. The Bertz CT molecular complexity index is 2140. The third-order valence-electron chi connectivity index (χ3n) is 12.5. The van der Waals surface area contributed by atoms with Crippen molar-refractivity contribution in [3.63, 3.8) is 0 Å². The molecule has 1 heterocycles. The summed E-state index contributed by atoms with van der Waals surface area (Å²) in [5.41, 5.74) is 15.5. The average Bonchev–Trinajstić information content (AvgIpc) is 3.71. The van der Waals surface area contributed by atoms with E-state index in [1.807, 2.05) is 0 Å². The molecule has 0 aromatic heterocycles. The molecule has 6 aromatic carbocycles. The SMILES string of the molecule is CCCCC1=Cc2c(-c3cccc4ccccc34)cccc2[CH]1[Ti+2]1([CH]2C(CCCC)=Cc3c(-c4cccc5ccccc45)cccc32)[CH2]C[CH2]1.[Cl-].[Cl-]. The van der Waals surface area contributed by atoms with Crippen LogP contribution in [0.25, 0.3) is 56.0 Å². The average molecular weight is 756 g/mol. The fourth-order valence-corrected chi connectivity index (χ4v) is 20.1. The Balaban J connectivity index is 0.00000210. The second kappa shape index (κ2) is 15.5. The van der Waals surface area contributed by atoms with Crippen LogP contribution in [0.15, 0.2) is 132 Å². The van der Waals surface area contributed by atoms with Gasteiger partial charge in [0.05, 0.1) is 0 Å². The Labute approximate surface area is 326 Å². The van der Waals surface area contributed by atoms with E-state index in [2.05, 4.69) is 147 Å². The Morgan fingerprint density at radius 1 is 0.481 bits per heavy atom. The van der Waals surface area contributed by atoms with Crippen molar-refractivity contribution in [2.75, 3.05) is 0 Å². The first-order valence-corrected chi connectivity index (χ1v) is 23.4. The van der Waals surface area contributed by atoms with E-state index in [0.717, 1.165) is 0 Å². The molecule has 0 radical (unpaired) electrons. The zero-order chi connectivity index (χ0) is 33.7. The van der Waals surface area contributed by atoms with Crippen molar-refractivity contribution in [3.8, 4) is 22.3 Å². The number of halogens is 2. The van der Waals surface area contributed by atoms with Gasteiger partial charge in [-0.1, -0.05) is 0 Å². The van der Waals surface area contributed by atoms with Gasteiger partial charge in [0.25, 0.3) is 0 Å². The van der Waals surface area contributed by atoms with Crippen LogP contribution in [-0.2, 0) is 16.6 Å². The molecule has 0 amide bonds. The summed E-state index contributed by atoms with van der Waals surface area (Å²) in [6.45, 7) is 4.74. The molecule has 0 saturated carbocycles. The van der Waals surface area contributed by atoms with E-state index >= 15 is 0 Å². The molecule has 9 rings (SSSR count). The summed E-state index contributed by atoms with van der Waals surface area (Å²) in [4.78, 5) is 0. The monoisotopic (exact) mass is 754 g/mol. The fourth-order valence-electron chi connectivity index (χ4n) is 10.2. The van der Waals surface area contributed by atoms with Crippen LogP contribution in [0.1, 0.15) is 89.5 Å². The topological polar surface area (TPSA) is 0 Å². The molecule has 1 aliphatic heterocycles. The molecule has 3 aliphatic rings. The van der Waals surface area contributed by atoms with Gasteiger partial charge in [0, 0.05) is 0 Å². The van der Waals surface area contributed by atoms with Crippen LogP contribution in [0.5, 0.6) is 0 Å². The van der Waals surface area contributed by atoms with Crippen molar-refractivity contribution in [1.82, 2.24) is 0 Å². The van der Waals surface area contributed by atoms with Crippen LogP contribution in [-0.4, -0.2) is 0 Å². The predicted octanol–water partition coefficient (Wildman–Crippen LogP) is 8.69. The summed E-state index contributed by atoms with van der Waals surface area (Å²) >= 11 is -2.63. The molecule has 0 bridgehead atoms. The minimum absolute atomic E-state index is 0. The fraction of sp³-hybridized carbons (Fsp3) is 0.265. The van der Waals surface area contributed by atoms with E-state index in [4.69, 9.17) is 0 Å². The molecule has 2 atom stereocenters. The third kappa shape index (κ3) is 6.05. The molecule has 262 valence electrons. The maximum atomic E-state index is 2.70. The van der Waals surface area contributed by atoms with Crippen LogP contribution in [0, 0.1) is 0 Å². The number of fused-ring (bicyclic) bond motifs is 4. The zero-order valence-corrected chi connectivity index (χ0v) is 33.5. The normalized spacial score (nSPS) is 17.5. The first-order valence-electron chi connectivity index (χ1n) is 19.3. The van der Waals surface area contributed by atoms with E-state index in [1.54, 1.807) is 22.3 Å². The van der Waals surface area contributed by atoms with Crippen molar-refractivity contribution in [3.05, 3.63) is 155 Å². The van der Waals surface area contributed by atoms with Crippen molar-refractivity contribution < 1.29 is 41.4 Å². The van der Waals surface area contributed by atoms with Crippen molar-refractivity contribution >= 4 is 33.7 Å². The number of allylic oxidation sites excluding steroid dienone is 2. The van der Waals surface area contributed by atoms with Gasteiger partial charge in [-0.3, -0.25) is 0 Å². The largest absolute Gasteiger partial charge is 1.00 e. The Kier molecular flexibility index (Phi) is 11.0. The smallest absolute Gasteiger partial charge is 1.00 e. The van der Waals surface area contributed by atoms with E-state index in [1.165, 1.54) is 109 Å². The summed E-state index contributed by atoms with van der Waals surface area (Å²) in [5, 5.41) is 5.39. The molecule has 1 fully saturated rings. The number of unbranched alkanes of at least 4 members (excludes halogenated alkanes) is 2. The van der Waals surface area contributed by atoms with Gasteiger partial charge in [0.2, 0.25) is 0 Å². The van der Waals surface area contributed by atoms with Crippen LogP contribution in [0.3, 0.4) is 0 Å². The Morgan fingerprint density at radius 3 is 1.31 bits per heavy atom. The summed E-state index contributed by atoms with van der Waals surface area (Å²) in [5.74, 6) is 0. The Hall–Kier alpha value is -3.39. The maximum Gasteiger partial charge on any atom is -1.00 e. The molecule has 1 saturated heterocycles. The number of rotatable bonds is 10. The van der Waals surface area contributed by atoms with Crippen LogP contribution in [0.2, 0.25) is 9.45 Å². The molecular formula is C49H48Cl2Ti. The maximum absolute atomic E-state index is 2.70. The van der Waals surface area contributed by atoms with Gasteiger partial charge >= 0.3 is 304 Å². The van der Waals surface area contributed by atoms with Gasteiger partial charge in [-0.15, -0.1) is 0 Å². The predicted molar refractivity (Wildman–Crippen MR) is 213 cm³/mol. The van der Waals surface area contributed by atoms with Gasteiger partial charge in [0.1, 0.15) is 0 Å². The van der Waals surface area contributed by atoms with E-state index in [-0.39, 0.29) is 24.8 Å². The number of hydrogen-bond acceptors (Lipinski definition) is 0. The molecule has 6 aromatic rings. The van der Waals surface area contributed by atoms with Crippen LogP contribution < -0.4 is 24.8 Å². The molecule has 2 aliphatic carbocycles. The van der Waals surface area contributed by atoms with E-state index in [0.29, 0.717) is 8.45 Å². The second-order valence-electron chi connectivity index (χ2n) is 15.3. The Morgan fingerprint density at radius 2 is 0.885 bits per heavy atom. The minimum Gasteiger partial charge on any atom is -1.00 e. The van der Waals surface area contributed by atoms with Crippen LogP contribution >= 0.6 is 0 Å². The molecule has 0 spiro atoms. The summed E-state index contributed by atoms with van der Waals surface area (Å²) in [7, 11) is 0. The van der Waals surface area contributed by atoms with Gasteiger partial charge in [-0.25, -0.2) is 0 Å². The molecular weight excluding hydrogens is 707 g/mol. The summed E-state index contributed by atoms with van der Waals surface area (Å²) < 4.78 is 4.25. The molecule has 52 heavy (non-hydrogen) atoms. The van der Waals surface area contributed by atoms with Gasteiger partial charge in [0.15, 0.2) is 0 Å². The zero-order valence-electron chi connectivity index (χ0n) is 30.5. The third-order valence-corrected chi connectivity index (χ3v) is 22.3. The number of benzene rings is 6. The van der Waals surface area contributed by atoms with Crippen molar-refractivity contribution in [1.29, 1.82) is 0 Å². The minimum atomic E-state index is -2.63. The standard InChI is InChI=1S/2C23H21.C3H6.2ClH.Ti/c2*1-2-3-8-17-15-19-11-7-14-22(23(19)16-17)21-13-6-10-18-9-4-5-12-20(18)21;1-3-2;;;/h2*4-7,9-16H,2-3,8H2,1H3;1-3H2;2*1H;/q;;;;;+2/p-2. The van der Waals surface area contributed by atoms with Gasteiger partial charge in [-0.05, 0) is 0 Å². The first kappa shape index (κ1) is 37.0. The second-order valence-corrected chi connectivity index (χ2v) is 22.5. The van der Waals surface area contributed by atoms with Crippen molar-refractivity contribution in [2.45, 2.75) is 76.7 Å². The summed E-state index contributed by atoms with van der Waals surface area (Å²) in [6.07, 6.45) is 14.4. The quantitative estimate of drug-likeness (QED) is 0.123.